The normalized spacial score (nSPS) is 13.0. The lowest BCUT2D eigenvalue weighted by Gasteiger charge is -2.16. The molecular formula is C27H24Cl2F2N10O3. The number of amides is 1. The van der Waals surface area contributed by atoms with E-state index in [4.69, 9.17) is 23.2 Å². The van der Waals surface area contributed by atoms with E-state index in [1.54, 1.807) is 37.3 Å². The van der Waals surface area contributed by atoms with E-state index < -0.39 is 28.0 Å². The number of nitrogens with one attached hydrogen (secondary N) is 1. The highest BCUT2D eigenvalue weighted by molar-refractivity contribution is 6.34. The summed E-state index contributed by atoms with van der Waals surface area (Å²) in [6.07, 6.45) is 5.06. The molecule has 2 aromatic carbocycles. The molecule has 0 spiro atoms. The van der Waals surface area contributed by atoms with Crippen LogP contribution in [0.1, 0.15) is 24.2 Å². The summed E-state index contributed by atoms with van der Waals surface area (Å²) >= 11 is 12.4. The van der Waals surface area contributed by atoms with Gasteiger partial charge in [-0.15, -0.1) is 0 Å². The van der Waals surface area contributed by atoms with Crippen molar-refractivity contribution >= 4 is 51.6 Å². The summed E-state index contributed by atoms with van der Waals surface area (Å²) in [6.45, 7) is -0.580. The van der Waals surface area contributed by atoms with Gasteiger partial charge in [-0.1, -0.05) is 23.2 Å². The van der Waals surface area contributed by atoms with E-state index in [0.29, 0.717) is 10.9 Å². The van der Waals surface area contributed by atoms with Crippen molar-refractivity contribution in [3.05, 3.63) is 90.8 Å². The van der Waals surface area contributed by atoms with Gasteiger partial charge in [-0.05, 0) is 42.7 Å². The Balaban J connectivity index is 1.37. The Kier molecular flexibility index (Phi) is 7.67. The third-order valence-electron chi connectivity index (χ3n) is 7.15. The summed E-state index contributed by atoms with van der Waals surface area (Å²) in [5, 5.41) is 11.8. The predicted molar refractivity (Wildman–Crippen MR) is 157 cm³/mol. The van der Waals surface area contributed by atoms with Crippen LogP contribution in [0.3, 0.4) is 0 Å². The Bertz CT molecular complexity index is 2030. The summed E-state index contributed by atoms with van der Waals surface area (Å²) in [6, 6.07) is 5.52. The van der Waals surface area contributed by atoms with E-state index in [-0.39, 0.29) is 59.6 Å². The van der Waals surface area contributed by atoms with Crippen LogP contribution in [-0.4, -0.2) is 62.6 Å². The molecule has 6 rings (SSSR count). The fourth-order valence-corrected chi connectivity index (χ4v) is 5.13. The molecule has 1 saturated carbocycles. The number of aryl methyl sites for hydroxylation is 1. The number of hydrogen-bond donors (Lipinski definition) is 1. The number of nitrogens with zero attached hydrogens (tertiary/aromatic N) is 9. The number of rotatable bonds is 9. The van der Waals surface area contributed by atoms with E-state index >= 15 is 0 Å². The van der Waals surface area contributed by atoms with E-state index in [9.17, 15) is 23.2 Å². The minimum atomic E-state index is -1.23. The van der Waals surface area contributed by atoms with E-state index in [1.165, 1.54) is 21.8 Å². The van der Waals surface area contributed by atoms with Crippen molar-refractivity contribution in [1.29, 1.82) is 0 Å². The summed E-state index contributed by atoms with van der Waals surface area (Å²) in [5.74, 6) is -2.55. The second kappa shape index (κ2) is 11.5. The van der Waals surface area contributed by atoms with Crippen molar-refractivity contribution in [2.75, 3.05) is 12.4 Å². The van der Waals surface area contributed by atoms with Gasteiger partial charge in [-0.3, -0.25) is 18.7 Å². The average Bonchev–Trinajstić information content (AvgIpc) is 3.63. The molecule has 1 N–H and O–H groups in total. The minimum Gasteiger partial charge on any atom is -0.341 e. The first-order valence-electron chi connectivity index (χ1n) is 13.4. The number of anilines is 2. The van der Waals surface area contributed by atoms with Crippen molar-refractivity contribution in [3.8, 4) is 0 Å². The van der Waals surface area contributed by atoms with Crippen molar-refractivity contribution in [2.24, 2.45) is 7.05 Å². The van der Waals surface area contributed by atoms with Gasteiger partial charge in [0, 0.05) is 31.7 Å². The quantitative estimate of drug-likeness (QED) is 0.242. The zero-order valence-corrected chi connectivity index (χ0v) is 24.9. The average molecular weight is 645 g/mol. The summed E-state index contributed by atoms with van der Waals surface area (Å²) in [4.78, 5) is 49.1. The van der Waals surface area contributed by atoms with Crippen LogP contribution in [0.2, 0.25) is 10.0 Å². The molecule has 17 heteroatoms. The van der Waals surface area contributed by atoms with Crippen LogP contribution in [0.25, 0.3) is 10.9 Å². The first-order valence-corrected chi connectivity index (χ1v) is 14.1. The molecule has 3 heterocycles. The second-order valence-electron chi connectivity index (χ2n) is 10.5. The van der Waals surface area contributed by atoms with Gasteiger partial charge in [0.05, 0.1) is 34.3 Å². The minimum absolute atomic E-state index is 0.0449. The number of fused-ring (bicyclic) bond motifs is 1. The molecule has 228 valence electrons. The Morgan fingerprint density at radius 3 is 2.52 bits per heavy atom. The van der Waals surface area contributed by atoms with Crippen LogP contribution in [-0.2, 0) is 31.5 Å². The van der Waals surface area contributed by atoms with E-state index in [2.05, 4.69) is 25.5 Å². The van der Waals surface area contributed by atoms with Gasteiger partial charge in [0.1, 0.15) is 12.9 Å². The third-order valence-corrected chi connectivity index (χ3v) is 7.74. The summed E-state index contributed by atoms with van der Waals surface area (Å²) < 4.78 is 32.9. The smallest absolute Gasteiger partial charge is 0.341 e. The van der Waals surface area contributed by atoms with Gasteiger partial charge >= 0.3 is 11.4 Å². The number of likely N-dealkylation sites (N-methyl/N-ethyl adjacent to an activating group) is 1. The number of aromatic nitrogens is 8. The molecular weight excluding hydrogens is 621 g/mol. The second-order valence-corrected chi connectivity index (χ2v) is 11.3. The first-order chi connectivity index (χ1) is 21.0. The lowest BCUT2D eigenvalue weighted by molar-refractivity contribution is -0.131. The predicted octanol–water partition coefficient (Wildman–Crippen LogP) is 2.93. The van der Waals surface area contributed by atoms with Gasteiger partial charge in [0.15, 0.2) is 17.5 Å². The van der Waals surface area contributed by atoms with Gasteiger partial charge in [-0.2, -0.15) is 15.2 Å². The van der Waals surface area contributed by atoms with Crippen LogP contribution < -0.4 is 16.7 Å². The Hall–Kier alpha value is -4.63. The molecule has 1 amide bonds. The van der Waals surface area contributed by atoms with Gasteiger partial charge in [0.2, 0.25) is 11.9 Å². The monoisotopic (exact) mass is 644 g/mol. The molecule has 1 fully saturated rings. The third kappa shape index (κ3) is 5.92. The molecule has 0 aliphatic heterocycles. The van der Waals surface area contributed by atoms with Crippen molar-refractivity contribution in [2.45, 2.75) is 38.5 Å². The Morgan fingerprint density at radius 2 is 1.84 bits per heavy atom. The molecule has 0 saturated heterocycles. The highest BCUT2D eigenvalue weighted by Crippen LogP contribution is 2.30. The van der Waals surface area contributed by atoms with Crippen molar-refractivity contribution < 1.29 is 13.6 Å². The number of halogens is 4. The molecule has 44 heavy (non-hydrogen) atoms. The Morgan fingerprint density at radius 1 is 1.07 bits per heavy atom. The highest BCUT2D eigenvalue weighted by Gasteiger charge is 2.29. The van der Waals surface area contributed by atoms with Crippen molar-refractivity contribution in [3.63, 3.8) is 0 Å². The summed E-state index contributed by atoms with van der Waals surface area (Å²) in [7, 11) is 3.40. The molecule has 0 radical (unpaired) electrons. The van der Waals surface area contributed by atoms with Crippen LogP contribution in [0.5, 0.6) is 0 Å². The molecule has 0 atom stereocenters. The van der Waals surface area contributed by atoms with Crippen LogP contribution in [0.15, 0.2) is 46.4 Å². The van der Waals surface area contributed by atoms with Gasteiger partial charge in [-0.25, -0.2) is 27.9 Å². The maximum Gasteiger partial charge on any atom is 0.355 e. The fraction of sp³-hybridized carbons (Fsp3) is 0.296. The maximum atomic E-state index is 14.2. The van der Waals surface area contributed by atoms with E-state index in [1.807, 2.05) is 0 Å². The Labute approximate surface area is 257 Å². The lowest BCUT2D eigenvalue weighted by atomic mass is 10.2. The summed E-state index contributed by atoms with van der Waals surface area (Å²) in [5.41, 5.74) is -0.822. The highest BCUT2D eigenvalue weighted by atomic mass is 35.5. The molecule has 1 aliphatic rings. The molecule has 0 bridgehead atoms. The van der Waals surface area contributed by atoms with Crippen molar-refractivity contribution in [1.82, 2.24) is 43.6 Å². The topological polar surface area (TPSA) is 138 Å². The molecule has 13 nitrogen and oxygen atoms in total. The largest absolute Gasteiger partial charge is 0.355 e. The number of benzene rings is 2. The number of hydrogen-bond acceptors (Lipinski definition) is 8. The standard InChI is InChI=1S/C27H24Cl2F2N10O3/c1-37-13-32-22(36-37)11-41-26(43)34-25(40(27(41)44)9-14-5-18(29)24(31)19(30)6-14)33-21-7-15-10-39(35-20(15)8-17(21)28)12-23(42)38(2)16-3-4-16/h5-8,10,13,16H,3-4,9,11-12H2,1-2H3,(H,33,34,43). The molecule has 0 unspecified atom stereocenters. The zero-order chi connectivity index (χ0) is 31.3. The SMILES string of the molecule is CN(C(=O)Cn1cc2cc(Nc3nc(=O)n(Cc4ncn(C)n4)c(=O)n3Cc3cc(F)c(F)c(Cl)c3)c(Cl)cc2n1)C1CC1. The number of carbonyl (C=O) groups is 1. The lowest BCUT2D eigenvalue weighted by Crippen LogP contribution is -2.43. The maximum absolute atomic E-state index is 14.2. The molecule has 1 aliphatic carbocycles. The van der Waals surface area contributed by atoms with Crippen LogP contribution >= 0.6 is 23.2 Å². The molecule has 3 aromatic heterocycles. The van der Waals surface area contributed by atoms with Crippen LogP contribution in [0, 0.1) is 11.6 Å². The van der Waals surface area contributed by atoms with Gasteiger partial charge < -0.3 is 10.2 Å². The van der Waals surface area contributed by atoms with E-state index in [0.717, 1.165) is 28.0 Å². The first kappa shape index (κ1) is 29.4. The number of carbonyl (C=O) groups excluding carboxylic acids is 1. The zero-order valence-electron chi connectivity index (χ0n) is 23.3. The van der Waals surface area contributed by atoms with Crippen LogP contribution in [0.4, 0.5) is 20.4 Å². The molecule has 5 aromatic rings. The van der Waals surface area contributed by atoms with Gasteiger partial charge in [0.25, 0.3) is 0 Å². The fourth-order valence-electron chi connectivity index (χ4n) is 4.69.